The van der Waals surface area contributed by atoms with Crippen LogP contribution < -0.4 is 5.32 Å². The van der Waals surface area contributed by atoms with Gasteiger partial charge in [0.15, 0.2) is 0 Å². The first kappa shape index (κ1) is 15.0. The van der Waals surface area contributed by atoms with Gasteiger partial charge >= 0.3 is 0 Å². The molecule has 0 bridgehead atoms. The van der Waals surface area contributed by atoms with Gasteiger partial charge in [-0.25, -0.2) is 0 Å². The summed E-state index contributed by atoms with van der Waals surface area (Å²) < 4.78 is 0. The second-order valence-electron chi connectivity index (χ2n) is 5.98. The first-order valence-corrected chi connectivity index (χ1v) is 7.71. The van der Waals surface area contributed by atoms with E-state index in [-0.39, 0.29) is 6.04 Å². The van der Waals surface area contributed by atoms with E-state index in [0.717, 1.165) is 19.5 Å². The van der Waals surface area contributed by atoms with Gasteiger partial charge in [0.1, 0.15) is 0 Å². The summed E-state index contributed by atoms with van der Waals surface area (Å²) in [6.07, 6.45) is 1.58. The molecular weight excluding hydrogens is 248 g/mol. The van der Waals surface area contributed by atoms with E-state index in [9.17, 15) is 4.79 Å². The molecule has 1 fully saturated rings. The summed E-state index contributed by atoms with van der Waals surface area (Å²) in [5, 5.41) is 3.60. The maximum Gasteiger partial charge on any atom is 0.222 e. The van der Waals surface area contributed by atoms with Crippen molar-refractivity contribution in [2.45, 2.75) is 45.7 Å². The average molecular weight is 274 g/mol. The van der Waals surface area contributed by atoms with Gasteiger partial charge in [0, 0.05) is 31.6 Å². The van der Waals surface area contributed by atoms with E-state index in [4.69, 9.17) is 0 Å². The third kappa shape index (κ3) is 3.40. The number of piperazine rings is 1. The van der Waals surface area contributed by atoms with E-state index in [0.29, 0.717) is 24.3 Å². The highest BCUT2D eigenvalue weighted by atomic mass is 16.2. The Labute approximate surface area is 122 Å². The molecule has 110 valence electrons. The first-order chi connectivity index (χ1) is 9.63. The van der Waals surface area contributed by atoms with Gasteiger partial charge in [-0.1, -0.05) is 51.1 Å². The van der Waals surface area contributed by atoms with E-state index < -0.39 is 0 Å². The second-order valence-corrected chi connectivity index (χ2v) is 5.98. The molecule has 1 N–H and O–H groups in total. The van der Waals surface area contributed by atoms with Crippen LogP contribution in [0.3, 0.4) is 0 Å². The molecule has 2 rings (SSSR count). The Morgan fingerprint density at radius 1 is 1.35 bits per heavy atom. The van der Waals surface area contributed by atoms with Crippen LogP contribution in [-0.4, -0.2) is 29.9 Å². The van der Waals surface area contributed by atoms with Gasteiger partial charge < -0.3 is 10.2 Å². The molecule has 3 heteroatoms. The number of hydrogen-bond donors (Lipinski definition) is 1. The molecule has 0 radical (unpaired) electrons. The fourth-order valence-corrected chi connectivity index (χ4v) is 2.92. The van der Waals surface area contributed by atoms with E-state index in [1.807, 2.05) is 6.07 Å². The Bertz CT molecular complexity index is 430. The highest BCUT2D eigenvalue weighted by molar-refractivity contribution is 5.76. The molecule has 1 aromatic rings. The minimum atomic E-state index is 0.256. The Morgan fingerprint density at radius 3 is 2.65 bits per heavy atom. The summed E-state index contributed by atoms with van der Waals surface area (Å²) in [5.74, 6) is 0.786. The lowest BCUT2D eigenvalue weighted by atomic mass is 9.95. The maximum atomic E-state index is 12.4. The lowest BCUT2D eigenvalue weighted by Gasteiger charge is -2.42. The van der Waals surface area contributed by atoms with Crippen LogP contribution in [0.5, 0.6) is 0 Å². The number of benzene rings is 1. The molecule has 20 heavy (non-hydrogen) atoms. The molecule has 0 saturated carbocycles. The van der Waals surface area contributed by atoms with Crippen LogP contribution in [0.4, 0.5) is 0 Å². The summed E-state index contributed by atoms with van der Waals surface area (Å²) in [6.45, 7) is 8.13. The van der Waals surface area contributed by atoms with Crippen molar-refractivity contribution in [3.8, 4) is 0 Å². The number of hydrogen-bond acceptors (Lipinski definition) is 2. The first-order valence-electron chi connectivity index (χ1n) is 7.71. The molecule has 1 aromatic carbocycles. The third-order valence-electron chi connectivity index (χ3n) is 4.11. The highest BCUT2D eigenvalue weighted by Gasteiger charge is 2.32. The molecular formula is C17H26N2O. The van der Waals surface area contributed by atoms with Crippen LogP contribution in [0.25, 0.3) is 0 Å². The molecule has 2 atom stereocenters. The Morgan fingerprint density at radius 2 is 2.05 bits per heavy atom. The van der Waals surface area contributed by atoms with Gasteiger partial charge in [0.2, 0.25) is 5.91 Å². The largest absolute Gasteiger partial charge is 0.336 e. The van der Waals surface area contributed by atoms with Gasteiger partial charge in [0.05, 0.1) is 0 Å². The average Bonchev–Trinajstić information content (AvgIpc) is 2.47. The molecule has 1 amide bonds. The van der Waals surface area contributed by atoms with Crippen molar-refractivity contribution in [1.29, 1.82) is 0 Å². The van der Waals surface area contributed by atoms with Gasteiger partial charge in [0.25, 0.3) is 0 Å². The normalized spacial score (nSPS) is 23.1. The van der Waals surface area contributed by atoms with Crippen LogP contribution >= 0.6 is 0 Å². The van der Waals surface area contributed by atoms with Gasteiger partial charge in [-0.2, -0.15) is 0 Å². The van der Waals surface area contributed by atoms with Crippen LogP contribution in [0.2, 0.25) is 0 Å². The molecule has 0 spiro atoms. The SMILES string of the molecule is CCCC(=O)N1CC(c2ccccc2)NCC1C(C)C. The fraction of sp³-hybridized carbons (Fsp3) is 0.588. The summed E-state index contributed by atoms with van der Waals surface area (Å²) in [5.41, 5.74) is 1.27. The fourth-order valence-electron chi connectivity index (χ4n) is 2.92. The quantitative estimate of drug-likeness (QED) is 0.915. The van der Waals surface area contributed by atoms with Crippen LogP contribution in [0.15, 0.2) is 30.3 Å². The Hall–Kier alpha value is -1.35. The van der Waals surface area contributed by atoms with Crippen molar-refractivity contribution in [3.63, 3.8) is 0 Å². The van der Waals surface area contributed by atoms with Crippen molar-refractivity contribution >= 4 is 5.91 Å². The molecule has 1 aliphatic heterocycles. The summed E-state index contributed by atoms with van der Waals surface area (Å²) in [6, 6.07) is 11.0. The number of nitrogens with one attached hydrogen (secondary N) is 1. The number of carbonyl (C=O) groups excluding carboxylic acids is 1. The van der Waals surface area contributed by atoms with Crippen molar-refractivity contribution in [1.82, 2.24) is 10.2 Å². The minimum Gasteiger partial charge on any atom is -0.336 e. The highest BCUT2D eigenvalue weighted by Crippen LogP contribution is 2.24. The van der Waals surface area contributed by atoms with Gasteiger partial charge in [-0.15, -0.1) is 0 Å². The molecule has 1 aliphatic rings. The zero-order valence-electron chi connectivity index (χ0n) is 12.8. The molecule has 2 unspecified atom stereocenters. The van der Waals surface area contributed by atoms with E-state index >= 15 is 0 Å². The lowest BCUT2D eigenvalue weighted by Crippen LogP contribution is -2.56. The zero-order chi connectivity index (χ0) is 14.5. The molecule has 3 nitrogen and oxygen atoms in total. The van der Waals surface area contributed by atoms with Crippen LogP contribution in [0.1, 0.15) is 45.2 Å². The lowest BCUT2D eigenvalue weighted by molar-refractivity contribution is -0.136. The van der Waals surface area contributed by atoms with Crippen LogP contribution in [-0.2, 0) is 4.79 Å². The van der Waals surface area contributed by atoms with E-state index in [1.165, 1.54) is 5.56 Å². The summed E-state index contributed by atoms with van der Waals surface area (Å²) >= 11 is 0. The molecule has 0 aromatic heterocycles. The number of rotatable bonds is 4. The van der Waals surface area contributed by atoms with E-state index in [2.05, 4.69) is 55.3 Å². The number of nitrogens with zero attached hydrogens (tertiary/aromatic N) is 1. The van der Waals surface area contributed by atoms with E-state index in [1.54, 1.807) is 0 Å². The Kier molecular flexibility index (Phi) is 5.18. The monoisotopic (exact) mass is 274 g/mol. The Balaban J connectivity index is 2.13. The second kappa shape index (κ2) is 6.89. The zero-order valence-corrected chi connectivity index (χ0v) is 12.8. The van der Waals surface area contributed by atoms with Crippen molar-refractivity contribution in [3.05, 3.63) is 35.9 Å². The van der Waals surface area contributed by atoms with Crippen molar-refractivity contribution in [2.24, 2.45) is 5.92 Å². The predicted molar refractivity (Wildman–Crippen MR) is 82.4 cm³/mol. The summed E-state index contributed by atoms with van der Waals surface area (Å²) in [7, 11) is 0. The molecule has 0 aliphatic carbocycles. The smallest absolute Gasteiger partial charge is 0.222 e. The number of carbonyl (C=O) groups is 1. The van der Waals surface area contributed by atoms with Crippen molar-refractivity contribution in [2.75, 3.05) is 13.1 Å². The van der Waals surface area contributed by atoms with Crippen molar-refractivity contribution < 1.29 is 4.79 Å². The van der Waals surface area contributed by atoms with Gasteiger partial charge in [-0.05, 0) is 17.9 Å². The molecule has 1 saturated heterocycles. The number of amides is 1. The minimum absolute atomic E-state index is 0.256. The standard InChI is InChI=1S/C17H26N2O/c1-4-8-17(20)19-12-15(14-9-6-5-7-10-14)18-11-16(19)13(2)3/h5-7,9-10,13,15-16,18H,4,8,11-12H2,1-3H3. The topological polar surface area (TPSA) is 32.3 Å². The van der Waals surface area contributed by atoms with Gasteiger partial charge in [-0.3, -0.25) is 4.79 Å². The third-order valence-corrected chi connectivity index (χ3v) is 4.11. The van der Waals surface area contributed by atoms with Crippen LogP contribution in [0, 0.1) is 5.92 Å². The molecule has 1 heterocycles. The predicted octanol–water partition coefficient (Wildman–Crippen LogP) is 2.98. The summed E-state index contributed by atoms with van der Waals surface area (Å²) in [4.78, 5) is 14.5. The maximum absolute atomic E-state index is 12.4.